The maximum Gasteiger partial charge on any atom is 0.232 e. The number of ether oxygens (including phenoxy) is 1. The number of hydrogen-bond acceptors (Lipinski definition) is 4. The van der Waals surface area contributed by atoms with Crippen LogP contribution in [0.2, 0.25) is 0 Å². The molecular formula is C17H31N3O. The van der Waals surface area contributed by atoms with Gasteiger partial charge in [0.1, 0.15) is 0 Å². The Morgan fingerprint density at radius 3 is 2.57 bits per heavy atom. The van der Waals surface area contributed by atoms with E-state index in [1.807, 2.05) is 0 Å². The molecule has 0 saturated heterocycles. The molecule has 0 aliphatic rings. The van der Waals surface area contributed by atoms with Gasteiger partial charge in [0.15, 0.2) is 0 Å². The van der Waals surface area contributed by atoms with E-state index >= 15 is 0 Å². The number of rotatable bonds is 11. The van der Waals surface area contributed by atoms with Gasteiger partial charge in [-0.05, 0) is 24.8 Å². The zero-order valence-corrected chi connectivity index (χ0v) is 14.1. The fourth-order valence-electron chi connectivity index (χ4n) is 2.10. The number of hydrogen-bond donors (Lipinski definition) is 1. The lowest BCUT2D eigenvalue weighted by Gasteiger charge is -2.14. The number of unbranched alkanes of at least 4 members (excludes halogenated alkanes) is 1. The smallest absolute Gasteiger partial charge is 0.232 e. The molecule has 1 heterocycles. The SMILES string of the molecule is CCCCC(CC)COc1cnc(CNCC(C)C)cn1. The lowest BCUT2D eigenvalue weighted by Crippen LogP contribution is -2.19. The summed E-state index contributed by atoms with van der Waals surface area (Å²) in [6.07, 6.45) is 8.44. The van der Waals surface area contributed by atoms with Gasteiger partial charge in [0.25, 0.3) is 0 Å². The van der Waals surface area contributed by atoms with E-state index in [1.54, 1.807) is 12.4 Å². The topological polar surface area (TPSA) is 47.0 Å². The fraction of sp³-hybridized carbons (Fsp3) is 0.765. The first-order valence-electron chi connectivity index (χ1n) is 8.30. The van der Waals surface area contributed by atoms with Gasteiger partial charge >= 0.3 is 0 Å². The van der Waals surface area contributed by atoms with Crippen LogP contribution in [0, 0.1) is 11.8 Å². The van der Waals surface area contributed by atoms with Crippen molar-refractivity contribution in [2.24, 2.45) is 11.8 Å². The van der Waals surface area contributed by atoms with Crippen LogP contribution in [0.3, 0.4) is 0 Å². The van der Waals surface area contributed by atoms with Crippen LogP contribution < -0.4 is 10.1 Å². The third-order valence-corrected chi connectivity index (χ3v) is 3.55. The molecule has 1 atom stereocenters. The first-order valence-corrected chi connectivity index (χ1v) is 8.30. The monoisotopic (exact) mass is 293 g/mol. The zero-order chi connectivity index (χ0) is 15.5. The predicted molar refractivity (Wildman–Crippen MR) is 87.4 cm³/mol. The van der Waals surface area contributed by atoms with Gasteiger partial charge in [0.2, 0.25) is 5.88 Å². The van der Waals surface area contributed by atoms with Crippen LogP contribution in [0.5, 0.6) is 5.88 Å². The quantitative estimate of drug-likeness (QED) is 0.674. The predicted octanol–water partition coefficient (Wildman–Crippen LogP) is 3.82. The van der Waals surface area contributed by atoms with Gasteiger partial charge in [-0.3, -0.25) is 4.98 Å². The van der Waals surface area contributed by atoms with Gasteiger partial charge in [-0.1, -0.05) is 47.0 Å². The number of aromatic nitrogens is 2. The van der Waals surface area contributed by atoms with E-state index in [9.17, 15) is 0 Å². The van der Waals surface area contributed by atoms with Crippen molar-refractivity contribution in [1.82, 2.24) is 15.3 Å². The second-order valence-corrected chi connectivity index (χ2v) is 6.10. The summed E-state index contributed by atoms with van der Waals surface area (Å²) in [5.41, 5.74) is 0.959. The third kappa shape index (κ3) is 8.00. The average Bonchev–Trinajstić information content (AvgIpc) is 2.48. The van der Waals surface area contributed by atoms with Crippen molar-refractivity contribution in [2.75, 3.05) is 13.2 Å². The highest BCUT2D eigenvalue weighted by Gasteiger charge is 2.07. The summed E-state index contributed by atoms with van der Waals surface area (Å²) in [7, 11) is 0. The molecule has 4 nitrogen and oxygen atoms in total. The molecule has 0 amide bonds. The Morgan fingerprint density at radius 2 is 2.00 bits per heavy atom. The molecule has 4 heteroatoms. The maximum absolute atomic E-state index is 5.76. The Hall–Kier alpha value is -1.16. The summed E-state index contributed by atoms with van der Waals surface area (Å²) in [5.74, 6) is 1.91. The minimum absolute atomic E-state index is 0.624. The molecule has 1 aromatic rings. The molecule has 1 N–H and O–H groups in total. The van der Waals surface area contributed by atoms with Gasteiger partial charge < -0.3 is 10.1 Å². The van der Waals surface area contributed by atoms with E-state index in [0.29, 0.717) is 17.7 Å². The van der Waals surface area contributed by atoms with Gasteiger partial charge in [0, 0.05) is 6.54 Å². The first-order chi connectivity index (χ1) is 10.2. The van der Waals surface area contributed by atoms with Gasteiger partial charge in [-0.2, -0.15) is 0 Å². The van der Waals surface area contributed by atoms with E-state index in [2.05, 4.69) is 43.0 Å². The Balaban J connectivity index is 2.32. The summed E-state index contributed by atoms with van der Waals surface area (Å²) in [6, 6.07) is 0. The van der Waals surface area contributed by atoms with Crippen molar-refractivity contribution < 1.29 is 4.74 Å². The van der Waals surface area contributed by atoms with Crippen molar-refractivity contribution in [1.29, 1.82) is 0 Å². The minimum atomic E-state index is 0.624. The van der Waals surface area contributed by atoms with E-state index in [0.717, 1.165) is 31.8 Å². The van der Waals surface area contributed by atoms with Crippen molar-refractivity contribution in [2.45, 2.75) is 59.9 Å². The van der Waals surface area contributed by atoms with Gasteiger partial charge in [0.05, 0.1) is 24.7 Å². The molecule has 1 unspecified atom stereocenters. The summed E-state index contributed by atoms with van der Waals surface area (Å²) in [6.45, 7) is 11.3. The largest absolute Gasteiger partial charge is 0.476 e. The Kier molecular flexibility index (Phi) is 8.99. The molecule has 0 aromatic carbocycles. The minimum Gasteiger partial charge on any atom is -0.476 e. The van der Waals surface area contributed by atoms with E-state index in [4.69, 9.17) is 4.74 Å². The van der Waals surface area contributed by atoms with E-state index in [1.165, 1.54) is 19.3 Å². The lowest BCUT2D eigenvalue weighted by atomic mass is 10.0. The molecule has 21 heavy (non-hydrogen) atoms. The molecule has 1 rings (SSSR count). The Bertz CT molecular complexity index is 365. The fourth-order valence-corrected chi connectivity index (χ4v) is 2.10. The number of nitrogens with one attached hydrogen (secondary N) is 1. The molecule has 0 saturated carbocycles. The summed E-state index contributed by atoms with van der Waals surface area (Å²) >= 11 is 0. The van der Waals surface area contributed by atoms with Crippen LogP contribution in [0.15, 0.2) is 12.4 Å². The molecule has 0 spiro atoms. The molecule has 0 aliphatic carbocycles. The van der Waals surface area contributed by atoms with Crippen molar-refractivity contribution in [3.05, 3.63) is 18.1 Å². The summed E-state index contributed by atoms with van der Waals surface area (Å²) < 4.78 is 5.76. The van der Waals surface area contributed by atoms with Crippen LogP contribution >= 0.6 is 0 Å². The summed E-state index contributed by atoms with van der Waals surface area (Å²) in [5, 5.41) is 3.36. The molecule has 1 aromatic heterocycles. The van der Waals surface area contributed by atoms with Crippen molar-refractivity contribution in [3.63, 3.8) is 0 Å². The van der Waals surface area contributed by atoms with Crippen molar-refractivity contribution in [3.8, 4) is 5.88 Å². The second-order valence-electron chi connectivity index (χ2n) is 6.10. The standard InChI is InChI=1S/C17H31N3O/c1-5-7-8-15(6-2)13-21-17-12-19-16(11-20-17)10-18-9-14(3)4/h11-12,14-15,18H,5-10,13H2,1-4H3. The molecule has 0 aliphatic heterocycles. The number of nitrogens with zero attached hydrogens (tertiary/aromatic N) is 2. The molecule has 120 valence electrons. The Morgan fingerprint density at radius 1 is 1.19 bits per heavy atom. The van der Waals surface area contributed by atoms with E-state index < -0.39 is 0 Å². The van der Waals surface area contributed by atoms with Crippen LogP contribution in [-0.2, 0) is 6.54 Å². The molecular weight excluding hydrogens is 262 g/mol. The zero-order valence-electron chi connectivity index (χ0n) is 14.1. The first kappa shape index (κ1) is 17.9. The van der Waals surface area contributed by atoms with E-state index in [-0.39, 0.29) is 0 Å². The Labute approximate surface area is 129 Å². The molecule has 0 bridgehead atoms. The third-order valence-electron chi connectivity index (χ3n) is 3.55. The highest BCUT2D eigenvalue weighted by atomic mass is 16.5. The van der Waals surface area contributed by atoms with Crippen LogP contribution in [-0.4, -0.2) is 23.1 Å². The lowest BCUT2D eigenvalue weighted by molar-refractivity contribution is 0.225. The molecule has 0 radical (unpaired) electrons. The van der Waals surface area contributed by atoms with Crippen LogP contribution in [0.25, 0.3) is 0 Å². The van der Waals surface area contributed by atoms with Crippen LogP contribution in [0.4, 0.5) is 0 Å². The van der Waals surface area contributed by atoms with Gasteiger partial charge in [-0.15, -0.1) is 0 Å². The molecule has 0 fully saturated rings. The maximum atomic E-state index is 5.76. The van der Waals surface area contributed by atoms with Crippen LogP contribution in [0.1, 0.15) is 59.1 Å². The van der Waals surface area contributed by atoms with Gasteiger partial charge in [-0.25, -0.2) is 4.98 Å². The normalized spacial score (nSPS) is 12.6. The highest BCUT2D eigenvalue weighted by molar-refractivity contribution is 5.07. The summed E-state index contributed by atoms with van der Waals surface area (Å²) in [4.78, 5) is 8.73. The average molecular weight is 293 g/mol. The second kappa shape index (κ2) is 10.6. The highest BCUT2D eigenvalue weighted by Crippen LogP contribution is 2.14. The van der Waals surface area contributed by atoms with Crippen molar-refractivity contribution >= 4 is 0 Å².